The van der Waals surface area contributed by atoms with E-state index >= 15 is 0 Å². The largest absolute Gasteiger partial charge is 0.496 e. The van der Waals surface area contributed by atoms with E-state index in [-0.39, 0.29) is 30.0 Å². The summed E-state index contributed by atoms with van der Waals surface area (Å²) in [5.74, 6) is 1.88. The van der Waals surface area contributed by atoms with Crippen molar-refractivity contribution in [3.63, 3.8) is 0 Å². The first-order chi connectivity index (χ1) is 15.7. The smallest absolute Gasteiger partial charge is 0.191 e. The number of aliphatic imine (C=N–C) groups is 1. The minimum absolute atomic E-state index is 0. The second kappa shape index (κ2) is 15.7. The van der Waals surface area contributed by atoms with E-state index < -0.39 is 0 Å². The van der Waals surface area contributed by atoms with Gasteiger partial charge >= 0.3 is 0 Å². The SMILES string of the molecule is CCNC(=NCC(c1ccccc1OC)N1CCCC1)NCCCN1CCCN(C)CC1.I. The first-order valence-corrected chi connectivity index (χ1v) is 12.5. The van der Waals surface area contributed by atoms with Crippen LogP contribution in [0.2, 0.25) is 0 Å². The van der Waals surface area contributed by atoms with Crippen LogP contribution in [0.15, 0.2) is 29.3 Å². The third-order valence-corrected chi connectivity index (χ3v) is 6.60. The van der Waals surface area contributed by atoms with Crippen LogP contribution in [0.5, 0.6) is 5.75 Å². The molecule has 2 N–H and O–H groups in total. The monoisotopic (exact) mass is 572 g/mol. The Balaban J connectivity index is 0.00000385. The van der Waals surface area contributed by atoms with Crippen LogP contribution in [0, 0.1) is 0 Å². The molecule has 2 aliphatic rings. The molecule has 0 amide bonds. The van der Waals surface area contributed by atoms with Crippen LogP contribution in [0.4, 0.5) is 0 Å². The highest BCUT2D eigenvalue weighted by atomic mass is 127. The molecule has 2 fully saturated rings. The lowest BCUT2D eigenvalue weighted by Gasteiger charge is -2.28. The van der Waals surface area contributed by atoms with Crippen molar-refractivity contribution in [1.29, 1.82) is 0 Å². The number of guanidine groups is 1. The molecule has 1 aromatic carbocycles. The van der Waals surface area contributed by atoms with Gasteiger partial charge in [0.15, 0.2) is 5.96 Å². The Morgan fingerprint density at radius 1 is 1.03 bits per heavy atom. The third kappa shape index (κ3) is 9.22. The van der Waals surface area contributed by atoms with Gasteiger partial charge in [-0.3, -0.25) is 9.89 Å². The molecule has 1 aromatic rings. The molecule has 2 saturated heterocycles. The predicted molar refractivity (Wildman–Crippen MR) is 149 cm³/mol. The Labute approximate surface area is 218 Å². The number of para-hydroxylation sites is 1. The van der Waals surface area contributed by atoms with Gasteiger partial charge in [-0.05, 0) is 78.4 Å². The number of halogens is 1. The Hall–Kier alpha value is -1.10. The van der Waals surface area contributed by atoms with E-state index in [0.717, 1.165) is 57.4 Å². The van der Waals surface area contributed by atoms with Gasteiger partial charge in [0.25, 0.3) is 0 Å². The Bertz CT molecular complexity index is 697. The fourth-order valence-electron chi connectivity index (χ4n) is 4.76. The normalized spacial score (nSPS) is 19.5. The minimum atomic E-state index is 0. The zero-order chi connectivity index (χ0) is 22.6. The van der Waals surface area contributed by atoms with Crippen molar-refractivity contribution in [3.05, 3.63) is 29.8 Å². The van der Waals surface area contributed by atoms with E-state index in [1.54, 1.807) is 7.11 Å². The lowest BCUT2D eigenvalue weighted by atomic mass is 10.0. The van der Waals surface area contributed by atoms with Gasteiger partial charge in [0.1, 0.15) is 5.75 Å². The van der Waals surface area contributed by atoms with Gasteiger partial charge in [0.2, 0.25) is 0 Å². The highest BCUT2D eigenvalue weighted by Crippen LogP contribution is 2.31. The van der Waals surface area contributed by atoms with Crippen molar-refractivity contribution in [1.82, 2.24) is 25.3 Å². The van der Waals surface area contributed by atoms with E-state index in [0.29, 0.717) is 0 Å². The maximum Gasteiger partial charge on any atom is 0.191 e. The molecule has 1 atom stereocenters. The lowest BCUT2D eigenvalue weighted by Crippen LogP contribution is -2.40. The van der Waals surface area contributed by atoms with Crippen molar-refractivity contribution in [2.75, 3.05) is 79.6 Å². The second-order valence-electron chi connectivity index (χ2n) is 9.00. The average Bonchev–Trinajstić information content (AvgIpc) is 3.26. The molecule has 2 heterocycles. The molecule has 0 saturated carbocycles. The third-order valence-electron chi connectivity index (χ3n) is 6.60. The summed E-state index contributed by atoms with van der Waals surface area (Å²) in [6, 6.07) is 8.65. The number of hydrogen-bond acceptors (Lipinski definition) is 5. The first kappa shape index (κ1) is 28.1. The van der Waals surface area contributed by atoms with Gasteiger partial charge in [-0.2, -0.15) is 0 Å². The molecule has 3 rings (SSSR count). The molecule has 188 valence electrons. The molecular formula is C25H45IN6O. The number of hydrogen-bond donors (Lipinski definition) is 2. The number of nitrogens with one attached hydrogen (secondary N) is 2. The molecule has 33 heavy (non-hydrogen) atoms. The molecule has 0 radical (unpaired) electrons. The topological polar surface area (TPSA) is 55.4 Å². The highest BCUT2D eigenvalue weighted by molar-refractivity contribution is 14.0. The van der Waals surface area contributed by atoms with E-state index in [1.165, 1.54) is 51.0 Å². The summed E-state index contributed by atoms with van der Waals surface area (Å²) in [7, 11) is 3.99. The van der Waals surface area contributed by atoms with Gasteiger partial charge in [-0.15, -0.1) is 24.0 Å². The van der Waals surface area contributed by atoms with Crippen LogP contribution in [-0.4, -0.2) is 100 Å². The van der Waals surface area contributed by atoms with Gasteiger partial charge in [0, 0.05) is 31.7 Å². The Kier molecular flexibility index (Phi) is 13.4. The molecule has 0 aliphatic carbocycles. The molecule has 7 nitrogen and oxygen atoms in total. The summed E-state index contributed by atoms with van der Waals surface area (Å²) in [5, 5.41) is 6.99. The maximum atomic E-state index is 5.68. The lowest BCUT2D eigenvalue weighted by molar-refractivity contribution is 0.245. The van der Waals surface area contributed by atoms with Crippen LogP contribution < -0.4 is 15.4 Å². The van der Waals surface area contributed by atoms with Crippen molar-refractivity contribution in [2.24, 2.45) is 4.99 Å². The number of benzene rings is 1. The first-order valence-electron chi connectivity index (χ1n) is 12.5. The van der Waals surface area contributed by atoms with Crippen molar-refractivity contribution in [2.45, 2.75) is 38.6 Å². The van der Waals surface area contributed by atoms with Gasteiger partial charge < -0.3 is 25.2 Å². The molecule has 0 spiro atoms. The molecule has 8 heteroatoms. The molecule has 0 bridgehead atoms. The van der Waals surface area contributed by atoms with E-state index in [1.807, 2.05) is 6.07 Å². The van der Waals surface area contributed by atoms with Crippen molar-refractivity contribution < 1.29 is 4.74 Å². The average molecular weight is 573 g/mol. The van der Waals surface area contributed by atoms with Crippen LogP contribution in [-0.2, 0) is 0 Å². The summed E-state index contributed by atoms with van der Waals surface area (Å²) < 4.78 is 5.68. The van der Waals surface area contributed by atoms with Crippen LogP contribution in [0.25, 0.3) is 0 Å². The highest BCUT2D eigenvalue weighted by Gasteiger charge is 2.25. The quantitative estimate of drug-likeness (QED) is 0.195. The number of ether oxygens (including phenoxy) is 1. The van der Waals surface area contributed by atoms with Crippen molar-refractivity contribution in [3.8, 4) is 5.75 Å². The van der Waals surface area contributed by atoms with Crippen LogP contribution in [0.1, 0.15) is 44.2 Å². The fourth-order valence-corrected chi connectivity index (χ4v) is 4.76. The molecule has 2 aliphatic heterocycles. The number of rotatable bonds is 10. The van der Waals surface area contributed by atoms with Gasteiger partial charge in [-0.25, -0.2) is 0 Å². The van der Waals surface area contributed by atoms with Crippen LogP contribution >= 0.6 is 24.0 Å². The van der Waals surface area contributed by atoms with Gasteiger partial charge in [0.05, 0.1) is 19.7 Å². The minimum Gasteiger partial charge on any atom is -0.496 e. The Morgan fingerprint density at radius 2 is 1.82 bits per heavy atom. The summed E-state index contributed by atoms with van der Waals surface area (Å²) in [6.07, 6.45) is 4.94. The number of nitrogens with zero attached hydrogens (tertiary/aromatic N) is 4. The predicted octanol–water partition coefficient (Wildman–Crippen LogP) is 3.03. The Morgan fingerprint density at radius 3 is 2.58 bits per heavy atom. The van der Waals surface area contributed by atoms with E-state index in [4.69, 9.17) is 9.73 Å². The van der Waals surface area contributed by atoms with Crippen molar-refractivity contribution >= 4 is 29.9 Å². The maximum absolute atomic E-state index is 5.68. The second-order valence-corrected chi connectivity index (χ2v) is 9.00. The summed E-state index contributed by atoms with van der Waals surface area (Å²) in [5.41, 5.74) is 1.24. The van der Waals surface area contributed by atoms with Crippen LogP contribution in [0.3, 0.4) is 0 Å². The number of methoxy groups -OCH3 is 1. The fraction of sp³-hybridized carbons (Fsp3) is 0.720. The van der Waals surface area contributed by atoms with E-state index in [9.17, 15) is 0 Å². The zero-order valence-corrected chi connectivity index (χ0v) is 23.2. The molecule has 1 unspecified atom stereocenters. The number of likely N-dealkylation sites (N-methyl/N-ethyl adjacent to an activating group) is 1. The van der Waals surface area contributed by atoms with E-state index in [2.05, 4.69) is 57.5 Å². The summed E-state index contributed by atoms with van der Waals surface area (Å²) in [4.78, 5) is 12.6. The number of likely N-dealkylation sites (tertiary alicyclic amines) is 1. The summed E-state index contributed by atoms with van der Waals surface area (Å²) >= 11 is 0. The molecular weight excluding hydrogens is 527 g/mol. The van der Waals surface area contributed by atoms with Gasteiger partial charge in [-0.1, -0.05) is 18.2 Å². The standard InChI is InChI=1S/C25H44N6O.HI/c1-4-26-25(27-13-9-15-30-16-10-14-29(2)19-20-30)28-21-23(31-17-7-8-18-31)22-11-5-6-12-24(22)32-3;/h5-6,11-12,23H,4,7-10,13-21H2,1-3H3,(H2,26,27,28);1H. The zero-order valence-electron chi connectivity index (χ0n) is 20.9. The molecule has 0 aromatic heterocycles. The summed E-state index contributed by atoms with van der Waals surface area (Å²) in [6.45, 7) is 12.9.